The average molecular weight is 331 g/mol. The van der Waals surface area contributed by atoms with Crippen molar-refractivity contribution in [3.8, 4) is 6.07 Å². The van der Waals surface area contributed by atoms with Crippen LogP contribution in [0.5, 0.6) is 0 Å². The first-order chi connectivity index (χ1) is 11.3. The number of carbonyl (C=O) groups excluding carboxylic acids is 1. The number of nitrogens with zero attached hydrogens (tertiary/aromatic N) is 2. The predicted octanol–water partition coefficient (Wildman–Crippen LogP) is 3.70. The third kappa shape index (κ3) is 4.13. The van der Waals surface area contributed by atoms with Crippen molar-refractivity contribution in [1.29, 1.82) is 5.26 Å². The minimum absolute atomic E-state index is 0.0449. The van der Waals surface area contributed by atoms with E-state index in [-0.39, 0.29) is 5.91 Å². The highest BCUT2D eigenvalue weighted by atomic mass is 32.1. The van der Waals surface area contributed by atoms with Gasteiger partial charge in [-0.3, -0.25) is 4.79 Å². The van der Waals surface area contributed by atoms with Gasteiger partial charge in [0.1, 0.15) is 11.1 Å². The van der Waals surface area contributed by atoms with Gasteiger partial charge in [0, 0.05) is 17.8 Å². The number of nitrogens with one attached hydrogen (secondary N) is 1. The van der Waals surface area contributed by atoms with Crippen molar-refractivity contribution in [1.82, 2.24) is 4.90 Å². The summed E-state index contributed by atoms with van der Waals surface area (Å²) in [5.74, 6) is 0.0449. The molecule has 1 amide bonds. The molecule has 1 N–H and O–H groups in total. The Morgan fingerprint density at radius 1 is 1.13 bits per heavy atom. The summed E-state index contributed by atoms with van der Waals surface area (Å²) in [6.07, 6.45) is 9.96. The van der Waals surface area contributed by atoms with Crippen LogP contribution in [0.25, 0.3) is 0 Å². The molecule has 0 saturated carbocycles. The number of nitriles is 1. The number of likely N-dealkylation sites (tertiary alicyclic amines) is 1. The van der Waals surface area contributed by atoms with E-state index in [9.17, 15) is 10.1 Å². The third-order valence-corrected chi connectivity index (χ3v) is 6.10. The van der Waals surface area contributed by atoms with Crippen molar-refractivity contribution in [2.75, 3.05) is 25.0 Å². The van der Waals surface area contributed by atoms with Gasteiger partial charge in [-0.25, -0.2) is 0 Å². The summed E-state index contributed by atoms with van der Waals surface area (Å²) >= 11 is 1.62. The largest absolute Gasteiger partial charge is 0.317 e. The van der Waals surface area contributed by atoms with Crippen LogP contribution < -0.4 is 5.32 Å². The topological polar surface area (TPSA) is 56.1 Å². The summed E-state index contributed by atoms with van der Waals surface area (Å²) in [5.41, 5.74) is 1.92. The lowest BCUT2D eigenvalue weighted by atomic mass is 10.1. The fourth-order valence-corrected chi connectivity index (χ4v) is 4.84. The van der Waals surface area contributed by atoms with Gasteiger partial charge in [-0.15, -0.1) is 11.3 Å². The van der Waals surface area contributed by atoms with Crippen molar-refractivity contribution < 1.29 is 4.79 Å². The van der Waals surface area contributed by atoms with Crippen molar-refractivity contribution in [2.45, 2.75) is 57.8 Å². The van der Waals surface area contributed by atoms with E-state index < -0.39 is 0 Å². The molecule has 0 radical (unpaired) electrons. The molecule has 3 rings (SSSR count). The number of thiophene rings is 1. The van der Waals surface area contributed by atoms with E-state index in [4.69, 9.17) is 0 Å². The zero-order valence-electron chi connectivity index (χ0n) is 13.7. The van der Waals surface area contributed by atoms with Gasteiger partial charge < -0.3 is 10.2 Å². The van der Waals surface area contributed by atoms with E-state index in [2.05, 4.69) is 16.3 Å². The highest BCUT2D eigenvalue weighted by Crippen LogP contribution is 2.37. The quantitative estimate of drug-likeness (QED) is 0.856. The number of rotatable bonds is 4. The molecule has 2 aliphatic rings. The zero-order valence-corrected chi connectivity index (χ0v) is 14.5. The Labute approximate surface area is 142 Å². The molecule has 124 valence electrons. The smallest absolute Gasteiger partial charge is 0.226 e. The van der Waals surface area contributed by atoms with Gasteiger partial charge in [0.2, 0.25) is 5.91 Å². The fourth-order valence-electron chi connectivity index (χ4n) is 3.58. The Morgan fingerprint density at radius 2 is 1.87 bits per heavy atom. The molecule has 1 aliphatic heterocycles. The van der Waals surface area contributed by atoms with Gasteiger partial charge in [-0.2, -0.15) is 5.26 Å². The molecule has 23 heavy (non-hydrogen) atoms. The standard InChI is InChI=1S/C18H25N3OS/c19-13-15-14-7-3-1-4-8-16(14)23-18(15)20-17(22)9-12-21-10-5-2-6-11-21/h1-12H2,(H,20,22). The number of fused-ring (bicyclic) bond motifs is 1. The lowest BCUT2D eigenvalue weighted by Crippen LogP contribution is -2.32. The van der Waals surface area contributed by atoms with Crippen LogP contribution in [0.2, 0.25) is 0 Å². The molecule has 0 aromatic carbocycles. The van der Waals surface area contributed by atoms with Crippen LogP contribution >= 0.6 is 11.3 Å². The minimum Gasteiger partial charge on any atom is -0.317 e. The normalized spacial score (nSPS) is 18.7. The lowest BCUT2D eigenvalue weighted by Gasteiger charge is -2.25. The molecule has 1 aliphatic carbocycles. The van der Waals surface area contributed by atoms with Gasteiger partial charge in [-0.1, -0.05) is 12.8 Å². The number of anilines is 1. The molecule has 5 heteroatoms. The maximum Gasteiger partial charge on any atom is 0.226 e. The highest BCUT2D eigenvalue weighted by molar-refractivity contribution is 7.16. The summed E-state index contributed by atoms with van der Waals surface area (Å²) in [7, 11) is 0. The summed E-state index contributed by atoms with van der Waals surface area (Å²) in [6, 6.07) is 2.33. The van der Waals surface area contributed by atoms with E-state index in [1.165, 1.54) is 42.5 Å². The van der Waals surface area contributed by atoms with Gasteiger partial charge in [0.25, 0.3) is 0 Å². The van der Waals surface area contributed by atoms with Crippen LogP contribution in [0.15, 0.2) is 0 Å². The summed E-state index contributed by atoms with van der Waals surface area (Å²) in [4.78, 5) is 15.9. The van der Waals surface area contributed by atoms with Gasteiger partial charge >= 0.3 is 0 Å². The van der Waals surface area contributed by atoms with E-state index in [1.54, 1.807) is 11.3 Å². The Kier molecular flexibility index (Phi) is 5.69. The molecule has 0 spiro atoms. The zero-order chi connectivity index (χ0) is 16.1. The minimum atomic E-state index is 0.0449. The SMILES string of the molecule is N#Cc1c(NC(=O)CCN2CCCCC2)sc2c1CCCCC2. The fraction of sp³-hybridized carbons (Fsp3) is 0.667. The molecular weight excluding hydrogens is 306 g/mol. The highest BCUT2D eigenvalue weighted by Gasteiger charge is 2.21. The number of piperidine rings is 1. The van der Waals surface area contributed by atoms with Gasteiger partial charge in [-0.05, 0) is 57.2 Å². The number of hydrogen-bond donors (Lipinski definition) is 1. The molecular formula is C18H25N3OS. The number of hydrogen-bond acceptors (Lipinski definition) is 4. The number of carbonyl (C=O) groups is 1. The Morgan fingerprint density at radius 3 is 2.65 bits per heavy atom. The van der Waals surface area contributed by atoms with E-state index in [0.29, 0.717) is 6.42 Å². The second kappa shape index (κ2) is 7.94. The number of amides is 1. The van der Waals surface area contributed by atoms with Crippen LogP contribution in [-0.2, 0) is 17.6 Å². The summed E-state index contributed by atoms with van der Waals surface area (Å²) < 4.78 is 0. The Bertz CT molecular complexity index is 596. The first-order valence-corrected chi connectivity index (χ1v) is 9.66. The van der Waals surface area contributed by atoms with Crippen molar-refractivity contribution in [2.24, 2.45) is 0 Å². The maximum absolute atomic E-state index is 12.3. The molecule has 0 bridgehead atoms. The van der Waals surface area contributed by atoms with Crippen molar-refractivity contribution >= 4 is 22.2 Å². The van der Waals surface area contributed by atoms with Gasteiger partial charge in [0.05, 0.1) is 5.56 Å². The first kappa shape index (κ1) is 16.5. The predicted molar refractivity (Wildman–Crippen MR) is 93.8 cm³/mol. The molecule has 1 fully saturated rings. The van der Waals surface area contributed by atoms with Crippen LogP contribution in [0.1, 0.15) is 60.9 Å². The molecule has 1 aromatic rings. The summed E-state index contributed by atoms with van der Waals surface area (Å²) in [6.45, 7) is 3.06. The van der Waals surface area contributed by atoms with Crippen molar-refractivity contribution in [3.63, 3.8) is 0 Å². The molecule has 1 aromatic heterocycles. The van der Waals surface area contributed by atoms with Crippen LogP contribution in [-0.4, -0.2) is 30.4 Å². The second-order valence-corrected chi connectivity index (χ2v) is 7.69. The van der Waals surface area contributed by atoms with E-state index >= 15 is 0 Å². The lowest BCUT2D eigenvalue weighted by molar-refractivity contribution is -0.116. The van der Waals surface area contributed by atoms with Crippen LogP contribution in [0, 0.1) is 11.3 Å². The van der Waals surface area contributed by atoms with Crippen LogP contribution in [0.4, 0.5) is 5.00 Å². The molecule has 0 atom stereocenters. The van der Waals surface area contributed by atoms with Crippen LogP contribution in [0.3, 0.4) is 0 Å². The van der Waals surface area contributed by atoms with E-state index in [1.807, 2.05) is 0 Å². The maximum atomic E-state index is 12.3. The van der Waals surface area contributed by atoms with E-state index in [0.717, 1.165) is 49.5 Å². The number of aryl methyl sites for hydroxylation is 1. The monoisotopic (exact) mass is 331 g/mol. The molecule has 2 heterocycles. The molecule has 4 nitrogen and oxygen atoms in total. The Hall–Kier alpha value is -1.38. The van der Waals surface area contributed by atoms with Gasteiger partial charge in [0.15, 0.2) is 0 Å². The third-order valence-electron chi connectivity index (χ3n) is 4.89. The van der Waals surface area contributed by atoms with Crippen molar-refractivity contribution in [3.05, 3.63) is 16.0 Å². The second-order valence-electron chi connectivity index (χ2n) is 6.58. The average Bonchev–Trinajstić information content (AvgIpc) is 2.74. The first-order valence-electron chi connectivity index (χ1n) is 8.85. The molecule has 0 unspecified atom stereocenters. The molecule has 1 saturated heterocycles. The Balaban J connectivity index is 1.60. The summed E-state index contributed by atoms with van der Waals surface area (Å²) in [5, 5.41) is 13.3.